The number of hydrogen-bond acceptors (Lipinski definition) is 5. The Balaban J connectivity index is 1.67. The van der Waals surface area contributed by atoms with Crippen LogP contribution in [0.3, 0.4) is 0 Å². The molecule has 184 valence electrons. The van der Waals surface area contributed by atoms with Gasteiger partial charge >= 0.3 is 0 Å². The van der Waals surface area contributed by atoms with E-state index in [4.69, 9.17) is 0 Å². The average molecular weight is 518 g/mol. The molecule has 0 N–H and O–H groups in total. The van der Waals surface area contributed by atoms with Crippen molar-refractivity contribution in [3.63, 3.8) is 0 Å². The molecular weight excluding hydrogens is 490 g/mol. The van der Waals surface area contributed by atoms with Gasteiger partial charge in [-0.05, 0) is 33.5 Å². The molecule has 0 saturated carbocycles. The predicted molar refractivity (Wildman–Crippen MR) is 145 cm³/mol. The summed E-state index contributed by atoms with van der Waals surface area (Å²) >= 11 is 0. The maximum Gasteiger partial charge on any atom is 0.176 e. The van der Waals surface area contributed by atoms with Crippen molar-refractivity contribution >= 4 is 35.4 Å². The zero-order chi connectivity index (χ0) is 25.5. The van der Waals surface area contributed by atoms with Gasteiger partial charge < -0.3 is 0 Å². The number of likely N-dealkylation sites (tertiary alicyclic amines) is 1. The zero-order valence-electron chi connectivity index (χ0n) is 20.1. The fourth-order valence-electron chi connectivity index (χ4n) is 5.07. The van der Waals surface area contributed by atoms with E-state index in [0.29, 0.717) is 18.5 Å². The van der Waals surface area contributed by atoms with Gasteiger partial charge in [0.05, 0.1) is 15.8 Å². The van der Waals surface area contributed by atoms with Gasteiger partial charge in [0, 0.05) is 31.2 Å². The third kappa shape index (κ3) is 4.62. The van der Waals surface area contributed by atoms with Gasteiger partial charge in [0.2, 0.25) is 0 Å². The summed E-state index contributed by atoms with van der Waals surface area (Å²) < 4.78 is 52.0. The molecule has 0 atom stereocenters. The van der Waals surface area contributed by atoms with Gasteiger partial charge in [-0.3, -0.25) is 4.90 Å². The van der Waals surface area contributed by atoms with Crippen molar-refractivity contribution in [2.75, 3.05) is 25.6 Å². The van der Waals surface area contributed by atoms with Crippen molar-refractivity contribution in [3.05, 3.63) is 119 Å². The molecule has 4 aromatic carbocycles. The monoisotopic (exact) mass is 517 g/mol. The Morgan fingerprint density at radius 1 is 0.694 bits per heavy atom. The molecule has 0 bridgehead atoms. The van der Waals surface area contributed by atoms with E-state index in [1.165, 1.54) is 6.07 Å². The molecule has 0 aliphatic carbocycles. The fraction of sp³-hybridized carbons (Fsp3) is 0.172. The summed E-state index contributed by atoms with van der Waals surface area (Å²) in [4.78, 5) is 2.38. The summed E-state index contributed by atoms with van der Waals surface area (Å²) in [7, 11) is -7.42. The van der Waals surface area contributed by atoms with Crippen LogP contribution in [0.2, 0.25) is 0 Å². The topological polar surface area (TPSA) is 71.5 Å². The van der Waals surface area contributed by atoms with Crippen LogP contribution in [0.15, 0.2) is 108 Å². The molecule has 4 aromatic rings. The summed E-state index contributed by atoms with van der Waals surface area (Å²) in [5, 5.41) is 1.42. The number of hydrogen-bond donors (Lipinski definition) is 0. The minimum absolute atomic E-state index is 0.0373. The molecule has 36 heavy (non-hydrogen) atoms. The molecule has 0 amide bonds. The molecule has 5 nitrogen and oxygen atoms in total. The van der Waals surface area contributed by atoms with E-state index in [1.807, 2.05) is 48.5 Å². The molecule has 1 heterocycles. The van der Waals surface area contributed by atoms with Crippen LogP contribution in [0.5, 0.6) is 0 Å². The Kier molecular flexibility index (Phi) is 6.32. The first-order valence-corrected chi connectivity index (χ1v) is 15.4. The first kappa shape index (κ1) is 24.4. The summed E-state index contributed by atoms with van der Waals surface area (Å²) in [6, 6.07) is 30.8. The van der Waals surface area contributed by atoms with E-state index in [1.54, 1.807) is 18.2 Å². The van der Waals surface area contributed by atoms with Crippen LogP contribution < -0.4 is 0 Å². The van der Waals surface area contributed by atoms with Crippen molar-refractivity contribution in [1.29, 1.82) is 0 Å². The number of sulfone groups is 2. The summed E-state index contributed by atoms with van der Waals surface area (Å²) in [6.45, 7) is 0.840. The Bertz CT molecular complexity index is 1630. The molecular formula is C29H27NO4S2. The lowest BCUT2D eigenvalue weighted by Crippen LogP contribution is -2.44. The molecule has 0 spiro atoms. The van der Waals surface area contributed by atoms with E-state index < -0.39 is 19.7 Å². The van der Waals surface area contributed by atoms with E-state index in [-0.39, 0.29) is 21.4 Å². The van der Waals surface area contributed by atoms with Crippen molar-refractivity contribution in [1.82, 2.24) is 4.90 Å². The van der Waals surface area contributed by atoms with Gasteiger partial charge in [0.25, 0.3) is 0 Å². The molecule has 0 radical (unpaired) electrons. The van der Waals surface area contributed by atoms with Crippen LogP contribution in [0, 0.1) is 0 Å². The van der Waals surface area contributed by atoms with Crippen LogP contribution in [-0.2, 0) is 19.7 Å². The number of benzene rings is 4. The maximum atomic E-state index is 13.2. The second kappa shape index (κ2) is 9.32. The fourth-order valence-corrected chi connectivity index (χ4v) is 7.28. The Morgan fingerprint density at radius 2 is 1.22 bits per heavy atom. The zero-order valence-corrected chi connectivity index (χ0v) is 21.8. The van der Waals surface area contributed by atoms with E-state index >= 15 is 0 Å². The van der Waals surface area contributed by atoms with Gasteiger partial charge in [-0.1, -0.05) is 91.0 Å². The highest BCUT2D eigenvalue weighted by Crippen LogP contribution is 2.41. The number of nitrogens with zero attached hydrogens (tertiary/aromatic N) is 1. The minimum atomic E-state index is -3.74. The van der Waals surface area contributed by atoms with E-state index in [9.17, 15) is 16.8 Å². The molecule has 0 aromatic heterocycles. The first-order valence-electron chi connectivity index (χ1n) is 11.6. The highest BCUT2D eigenvalue weighted by Gasteiger charge is 2.36. The van der Waals surface area contributed by atoms with Crippen LogP contribution in [0.25, 0.3) is 15.7 Å². The van der Waals surface area contributed by atoms with Gasteiger partial charge in [-0.25, -0.2) is 16.8 Å². The van der Waals surface area contributed by atoms with Gasteiger partial charge in [-0.2, -0.15) is 0 Å². The average Bonchev–Trinajstić information content (AvgIpc) is 2.82. The highest BCUT2D eigenvalue weighted by molar-refractivity contribution is 8.00. The molecule has 1 aliphatic heterocycles. The van der Waals surface area contributed by atoms with Crippen molar-refractivity contribution in [3.8, 4) is 0 Å². The normalized spacial score (nSPS) is 14.7. The predicted octanol–water partition coefficient (Wildman–Crippen LogP) is 5.10. The van der Waals surface area contributed by atoms with Gasteiger partial charge in [-0.15, -0.1) is 0 Å². The van der Waals surface area contributed by atoms with Crippen LogP contribution in [-0.4, -0.2) is 47.3 Å². The number of fused-ring (bicyclic) bond motifs is 1. The highest BCUT2D eigenvalue weighted by atomic mass is 32.2. The molecule has 7 heteroatoms. The summed E-state index contributed by atoms with van der Waals surface area (Å²) in [5.74, 6) is 0. The quantitative estimate of drug-likeness (QED) is 0.356. The van der Waals surface area contributed by atoms with E-state index in [2.05, 4.69) is 29.2 Å². The Labute approximate surface area is 212 Å². The minimum Gasteiger partial charge on any atom is -0.284 e. The van der Waals surface area contributed by atoms with Crippen molar-refractivity contribution in [2.24, 2.45) is 0 Å². The molecule has 5 rings (SSSR count). The van der Waals surface area contributed by atoms with Crippen LogP contribution >= 0.6 is 0 Å². The largest absolute Gasteiger partial charge is 0.284 e. The maximum absolute atomic E-state index is 13.2. The lowest BCUT2D eigenvalue weighted by Gasteiger charge is -2.42. The van der Waals surface area contributed by atoms with Crippen LogP contribution in [0.1, 0.15) is 22.7 Å². The van der Waals surface area contributed by atoms with Crippen molar-refractivity contribution < 1.29 is 16.8 Å². The smallest absolute Gasteiger partial charge is 0.176 e. The first-order chi connectivity index (χ1) is 17.1. The second-order valence-corrected chi connectivity index (χ2v) is 13.2. The summed E-state index contributed by atoms with van der Waals surface area (Å²) in [6.07, 6.45) is 2.29. The standard InChI is InChI=1S/C29H27NO4S2/c1-35(31,32)26-18-17-21-11-9-10-16-25(21)27(26)29(36(2,33)34)24-19-30(20-24)28(22-12-5-3-6-13-22)23-14-7-4-8-15-23/h3-18,28H,19-20H2,1-2H3. The number of rotatable bonds is 6. The van der Waals surface area contributed by atoms with Gasteiger partial charge in [0.1, 0.15) is 0 Å². The molecule has 0 unspecified atom stereocenters. The van der Waals surface area contributed by atoms with E-state index in [0.717, 1.165) is 34.6 Å². The Hall–Kier alpha value is -3.26. The molecule has 1 fully saturated rings. The molecule has 1 saturated heterocycles. The lowest BCUT2D eigenvalue weighted by atomic mass is 9.91. The second-order valence-electron chi connectivity index (χ2n) is 9.27. The third-order valence-electron chi connectivity index (χ3n) is 6.59. The molecule has 1 aliphatic rings. The summed E-state index contributed by atoms with van der Waals surface area (Å²) in [5.41, 5.74) is 3.23. The Morgan fingerprint density at radius 3 is 1.75 bits per heavy atom. The lowest BCUT2D eigenvalue weighted by molar-refractivity contribution is 0.203. The third-order valence-corrected chi connectivity index (χ3v) is 8.97. The van der Waals surface area contributed by atoms with Crippen molar-refractivity contribution in [2.45, 2.75) is 10.9 Å². The SMILES string of the molecule is CS(=O)(=O)C(=C1CN(C(c2ccccc2)c2ccccc2)C1)c1c(S(C)(=O)=O)ccc2ccccc12. The van der Waals surface area contributed by atoms with Gasteiger partial charge in [0.15, 0.2) is 19.7 Å². The van der Waals surface area contributed by atoms with Crippen LogP contribution in [0.4, 0.5) is 0 Å².